The molecule has 0 unspecified atom stereocenters. The molecular formula is C10H14NO2Si. The third-order valence-corrected chi connectivity index (χ3v) is 2.31. The van der Waals surface area contributed by atoms with E-state index in [4.69, 9.17) is 4.43 Å². The van der Waals surface area contributed by atoms with E-state index in [-0.39, 0.29) is 5.97 Å². The number of benzene rings is 1. The molecule has 0 aliphatic heterocycles. The van der Waals surface area contributed by atoms with E-state index in [1.54, 1.807) is 13.1 Å². The molecule has 0 aliphatic carbocycles. The van der Waals surface area contributed by atoms with E-state index in [1.165, 1.54) is 0 Å². The molecule has 1 N–H and O–H groups in total. The zero-order chi connectivity index (χ0) is 10.6. The minimum absolute atomic E-state index is 0.242. The van der Waals surface area contributed by atoms with E-state index < -0.39 is 9.04 Å². The van der Waals surface area contributed by atoms with Gasteiger partial charge >= 0.3 is 5.97 Å². The van der Waals surface area contributed by atoms with Crippen LogP contribution >= 0.6 is 0 Å². The minimum Gasteiger partial charge on any atom is -0.515 e. The second-order valence-corrected chi connectivity index (χ2v) is 5.11. The average Bonchev–Trinajstić information content (AvgIpc) is 2.16. The Bertz CT molecular complexity index is 326. The maximum absolute atomic E-state index is 11.6. The smallest absolute Gasteiger partial charge is 0.326 e. The van der Waals surface area contributed by atoms with Gasteiger partial charge in [0, 0.05) is 12.7 Å². The lowest BCUT2D eigenvalue weighted by Gasteiger charge is -2.10. The molecule has 0 fully saturated rings. The highest BCUT2D eigenvalue weighted by Crippen LogP contribution is 2.15. The second-order valence-electron chi connectivity index (χ2n) is 3.09. The van der Waals surface area contributed by atoms with Crippen LogP contribution in [-0.4, -0.2) is 22.1 Å². The van der Waals surface area contributed by atoms with Crippen LogP contribution in [-0.2, 0) is 4.43 Å². The van der Waals surface area contributed by atoms with Crippen molar-refractivity contribution >= 4 is 20.7 Å². The number of carbonyl (C=O) groups is 1. The Balaban J connectivity index is 2.88. The van der Waals surface area contributed by atoms with Gasteiger partial charge < -0.3 is 9.74 Å². The number of anilines is 1. The average molecular weight is 208 g/mol. The summed E-state index contributed by atoms with van der Waals surface area (Å²) in [5.74, 6) is -0.242. The van der Waals surface area contributed by atoms with Crippen LogP contribution in [0.3, 0.4) is 0 Å². The molecule has 0 amide bonds. The molecule has 0 spiro atoms. The van der Waals surface area contributed by atoms with E-state index in [2.05, 4.69) is 5.32 Å². The molecule has 1 radical (unpaired) electrons. The molecular weight excluding hydrogens is 194 g/mol. The number of carbonyl (C=O) groups excluding carboxylic acids is 1. The summed E-state index contributed by atoms with van der Waals surface area (Å²) in [7, 11) is 0.805. The molecule has 0 heterocycles. The van der Waals surface area contributed by atoms with Gasteiger partial charge in [0.25, 0.3) is 9.04 Å². The van der Waals surface area contributed by atoms with Crippen LogP contribution in [0.15, 0.2) is 24.3 Å². The van der Waals surface area contributed by atoms with Crippen LogP contribution in [0.4, 0.5) is 5.69 Å². The SMILES string of the molecule is CNc1ccccc1C(=O)O[Si](C)C. The lowest BCUT2D eigenvalue weighted by Crippen LogP contribution is -2.16. The number of hydrogen-bond donors (Lipinski definition) is 1. The molecule has 0 bridgehead atoms. The Hall–Kier alpha value is -1.29. The van der Waals surface area contributed by atoms with Crippen LogP contribution in [0.1, 0.15) is 10.4 Å². The van der Waals surface area contributed by atoms with Crippen molar-refractivity contribution < 1.29 is 9.22 Å². The molecule has 0 saturated carbocycles. The summed E-state index contributed by atoms with van der Waals surface area (Å²) in [6, 6.07) is 7.33. The summed E-state index contributed by atoms with van der Waals surface area (Å²) >= 11 is 0. The molecule has 1 aromatic carbocycles. The standard InChI is InChI=1S/C10H14NO2Si/c1-11-9-7-5-4-6-8(9)10(12)13-14(2)3/h4-7,11H,1-3H3. The van der Waals surface area contributed by atoms with Crippen molar-refractivity contribution in [1.82, 2.24) is 0 Å². The number of para-hydroxylation sites is 1. The zero-order valence-corrected chi connectivity index (χ0v) is 9.63. The molecule has 4 heteroatoms. The van der Waals surface area contributed by atoms with Gasteiger partial charge in [-0.1, -0.05) is 12.1 Å². The zero-order valence-electron chi connectivity index (χ0n) is 8.63. The van der Waals surface area contributed by atoms with Gasteiger partial charge in [-0.3, -0.25) is 0 Å². The normalized spacial score (nSPS) is 10.0. The van der Waals surface area contributed by atoms with Crippen molar-refractivity contribution in [3.05, 3.63) is 29.8 Å². The monoisotopic (exact) mass is 208 g/mol. The summed E-state index contributed by atoms with van der Waals surface area (Å²) in [5, 5.41) is 2.96. The predicted octanol–water partition coefficient (Wildman–Crippen LogP) is 2.14. The Labute approximate surface area is 85.8 Å². The Morgan fingerprint density at radius 3 is 2.57 bits per heavy atom. The van der Waals surface area contributed by atoms with Gasteiger partial charge in [-0.05, 0) is 25.2 Å². The van der Waals surface area contributed by atoms with Crippen molar-refractivity contribution in [2.24, 2.45) is 0 Å². The van der Waals surface area contributed by atoms with Gasteiger partial charge in [-0.2, -0.15) is 0 Å². The van der Waals surface area contributed by atoms with E-state index in [0.717, 1.165) is 5.69 Å². The lowest BCUT2D eigenvalue weighted by atomic mass is 10.2. The van der Waals surface area contributed by atoms with Gasteiger partial charge in [0.2, 0.25) is 0 Å². The first kappa shape index (κ1) is 10.8. The maximum atomic E-state index is 11.6. The van der Waals surface area contributed by atoms with Crippen LogP contribution in [0.2, 0.25) is 13.1 Å². The highest BCUT2D eigenvalue weighted by Gasteiger charge is 2.13. The van der Waals surface area contributed by atoms with Crippen LogP contribution < -0.4 is 5.32 Å². The molecule has 1 rings (SSSR count). The fourth-order valence-electron chi connectivity index (χ4n) is 1.12. The number of hydrogen-bond acceptors (Lipinski definition) is 3. The van der Waals surface area contributed by atoms with Gasteiger partial charge in [0.05, 0.1) is 5.56 Å². The van der Waals surface area contributed by atoms with Crippen LogP contribution in [0.25, 0.3) is 0 Å². The summed E-state index contributed by atoms with van der Waals surface area (Å²) in [6.45, 7) is 3.87. The van der Waals surface area contributed by atoms with Gasteiger partial charge in [-0.15, -0.1) is 0 Å². The largest absolute Gasteiger partial charge is 0.515 e. The topological polar surface area (TPSA) is 38.3 Å². The van der Waals surface area contributed by atoms with Crippen LogP contribution in [0.5, 0.6) is 0 Å². The predicted molar refractivity (Wildman–Crippen MR) is 58.9 cm³/mol. The first-order valence-corrected chi connectivity index (χ1v) is 6.85. The van der Waals surface area contributed by atoms with Crippen molar-refractivity contribution in [1.29, 1.82) is 0 Å². The molecule has 0 atom stereocenters. The van der Waals surface area contributed by atoms with Gasteiger partial charge in [0.1, 0.15) is 0 Å². The lowest BCUT2D eigenvalue weighted by molar-refractivity contribution is 0.0735. The van der Waals surface area contributed by atoms with Crippen molar-refractivity contribution in [3.63, 3.8) is 0 Å². The molecule has 3 nitrogen and oxygen atoms in total. The Morgan fingerprint density at radius 1 is 1.36 bits per heavy atom. The fourth-order valence-corrected chi connectivity index (χ4v) is 1.60. The minimum atomic E-state index is -0.983. The third-order valence-electron chi connectivity index (χ3n) is 1.71. The number of rotatable bonds is 3. The number of nitrogens with one attached hydrogen (secondary N) is 1. The first-order valence-electron chi connectivity index (χ1n) is 4.44. The summed E-state index contributed by atoms with van der Waals surface area (Å²) < 4.78 is 5.20. The summed E-state index contributed by atoms with van der Waals surface area (Å²) in [5.41, 5.74) is 1.40. The Morgan fingerprint density at radius 2 is 2.00 bits per heavy atom. The quantitative estimate of drug-likeness (QED) is 0.773. The molecule has 14 heavy (non-hydrogen) atoms. The second kappa shape index (κ2) is 4.81. The fraction of sp³-hybridized carbons (Fsp3) is 0.300. The molecule has 75 valence electrons. The van der Waals surface area contributed by atoms with E-state index in [9.17, 15) is 4.79 Å². The molecule has 1 aromatic rings. The molecule has 0 saturated heterocycles. The summed E-state index contributed by atoms with van der Waals surface area (Å²) in [6.07, 6.45) is 0. The van der Waals surface area contributed by atoms with Gasteiger partial charge in [0.15, 0.2) is 0 Å². The Kier molecular flexibility index (Phi) is 3.70. The highest BCUT2D eigenvalue weighted by atomic mass is 28.3. The summed E-state index contributed by atoms with van der Waals surface area (Å²) in [4.78, 5) is 11.6. The van der Waals surface area contributed by atoms with E-state index in [0.29, 0.717) is 5.56 Å². The van der Waals surface area contributed by atoms with Crippen molar-refractivity contribution in [3.8, 4) is 0 Å². The van der Waals surface area contributed by atoms with E-state index >= 15 is 0 Å². The highest BCUT2D eigenvalue weighted by molar-refractivity contribution is 6.51. The molecule has 0 aromatic heterocycles. The first-order chi connectivity index (χ1) is 6.65. The van der Waals surface area contributed by atoms with Crippen molar-refractivity contribution in [2.75, 3.05) is 12.4 Å². The maximum Gasteiger partial charge on any atom is 0.326 e. The van der Waals surface area contributed by atoms with E-state index in [1.807, 2.05) is 31.3 Å². The van der Waals surface area contributed by atoms with Crippen molar-refractivity contribution in [2.45, 2.75) is 13.1 Å². The van der Waals surface area contributed by atoms with Crippen LogP contribution in [0, 0.1) is 0 Å². The third kappa shape index (κ3) is 2.60. The van der Waals surface area contributed by atoms with Gasteiger partial charge in [-0.25, -0.2) is 4.79 Å². The molecule has 0 aliphatic rings.